The SMILES string of the molecule is C[C@]12CC[C@H]3[C@@](C)(CCC4=CC(=O)NCC[C@@]43C)[C@@H]1CC[C@@H]2O. The summed E-state index contributed by atoms with van der Waals surface area (Å²) in [6.45, 7) is 8.05. The summed E-state index contributed by atoms with van der Waals surface area (Å²) in [5.41, 5.74) is 1.96. The predicted octanol–water partition coefficient (Wildman–Crippen LogP) is 3.43. The van der Waals surface area contributed by atoms with Gasteiger partial charge in [0.1, 0.15) is 0 Å². The van der Waals surface area contributed by atoms with Crippen molar-refractivity contribution in [3.05, 3.63) is 11.6 Å². The van der Waals surface area contributed by atoms with Gasteiger partial charge in [0.05, 0.1) is 6.10 Å². The molecule has 0 spiro atoms. The zero-order valence-electron chi connectivity index (χ0n) is 14.8. The van der Waals surface area contributed by atoms with Crippen molar-refractivity contribution in [2.45, 2.75) is 71.8 Å². The van der Waals surface area contributed by atoms with E-state index >= 15 is 0 Å². The number of allylic oxidation sites excluding steroid dienone is 1. The van der Waals surface area contributed by atoms with Gasteiger partial charge < -0.3 is 10.4 Å². The first-order valence-electron chi connectivity index (χ1n) is 9.48. The molecule has 3 aliphatic carbocycles. The molecule has 0 aromatic rings. The predicted molar refractivity (Wildman–Crippen MR) is 90.7 cm³/mol. The van der Waals surface area contributed by atoms with Crippen molar-refractivity contribution in [1.29, 1.82) is 0 Å². The average Bonchev–Trinajstić information content (AvgIpc) is 2.70. The van der Waals surface area contributed by atoms with Crippen LogP contribution in [0.5, 0.6) is 0 Å². The van der Waals surface area contributed by atoms with Crippen molar-refractivity contribution in [2.75, 3.05) is 6.54 Å². The molecule has 0 bridgehead atoms. The molecule has 3 nitrogen and oxygen atoms in total. The van der Waals surface area contributed by atoms with Crippen LogP contribution in [0.3, 0.4) is 0 Å². The van der Waals surface area contributed by atoms with Crippen LogP contribution in [0.15, 0.2) is 11.6 Å². The Bertz CT molecular complexity index is 570. The highest BCUT2D eigenvalue weighted by molar-refractivity contribution is 5.88. The Hall–Kier alpha value is -0.830. The third-order valence-electron chi connectivity index (χ3n) is 8.53. The molecule has 0 unspecified atom stereocenters. The van der Waals surface area contributed by atoms with E-state index in [9.17, 15) is 9.90 Å². The van der Waals surface area contributed by atoms with Gasteiger partial charge in [0.25, 0.3) is 0 Å². The minimum absolute atomic E-state index is 0.101. The third-order valence-corrected chi connectivity index (χ3v) is 8.53. The Balaban J connectivity index is 1.76. The minimum atomic E-state index is -0.118. The summed E-state index contributed by atoms with van der Waals surface area (Å²) in [6.07, 6.45) is 9.58. The van der Waals surface area contributed by atoms with Crippen LogP contribution in [0.25, 0.3) is 0 Å². The summed E-state index contributed by atoms with van der Waals surface area (Å²) in [6, 6.07) is 0. The van der Waals surface area contributed by atoms with Crippen molar-refractivity contribution in [2.24, 2.45) is 28.1 Å². The van der Waals surface area contributed by atoms with Crippen LogP contribution in [-0.2, 0) is 4.79 Å². The van der Waals surface area contributed by atoms with Gasteiger partial charge in [-0.15, -0.1) is 0 Å². The van der Waals surface area contributed by atoms with Crippen LogP contribution in [-0.4, -0.2) is 23.7 Å². The van der Waals surface area contributed by atoms with E-state index in [-0.39, 0.29) is 22.8 Å². The van der Waals surface area contributed by atoms with E-state index in [1.54, 1.807) is 0 Å². The van der Waals surface area contributed by atoms with Gasteiger partial charge in [-0.2, -0.15) is 0 Å². The largest absolute Gasteiger partial charge is 0.393 e. The smallest absolute Gasteiger partial charge is 0.243 e. The molecule has 128 valence electrons. The molecule has 0 radical (unpaired) electrons. The standard InChI is InChI=1S/C20H31NO2/c1-18-10-11-21-17(23)12-13(18)6-8-19(2)14-4-5-16(22)20(14,3)9-7-15(18)19/h12,14-16,22H,4-11H2,1-3H3,(H,21,23)/t14-,15+,16-,18-,19-,20-/m0/s1. The fourth-order valence-corrected chi connectivity index (χ4v) is 7.20. The van der Waals surface area contributed by atoms with Gasteiger partial charge in [0.2, 0.25) is 5.91 Å². The molecule has 6 atom stereocenters. The maximum Gasteiger partial charge on any atom is 0.243 e. The monoisotopic (exact) mass is 317 g/mol. The second-order valence-electron chi connectivity index (χ2n) is 9.38. The van der Waals surface area contributed by atoms with Crippen LogP contribution in [0.2, 0.25) is 0 Å². The van der Waals surface area contributed by atoms with Crippen molar-refractivity contribution < 1.29 is 9.90 Å². The average molecular weight is 317 g/mol. The maximum atomic E-state index is 12.0. The van der Waals surface area contributed by atoms with Crippen molar-refractivity contribution >= 4 is 5.91 Å². The normalized spacial score (nSPS) is 52.6. The molecule has 3 fully saturated rings. The number of fused-ring (bicyclic) bond motifs is 5. The molecule has 4 rings (SSSR count). The summed E-state index contributed by atoms with van der Waals surface area (Å²) >= 11 is 0. The molecule has 2 N–H and O–H groups in total. The van der Waals surface area contributed by atoms with Crippen molar-refractivity contribution in [1.82, 2.24) is 5.32 Å². The third kappa shape index (κ3) is 1.95. The topological polar surface area (TPSA) is 49.3 Å². The highest BCUT2D eigenvalue weighted by atomic mass is 16.3. The first kappa shape index (κ1) is 15.7. The van der Waals surface area contributed by atoms with Gasteiger partial charge in [0.15, 0.2) is 0 Å². The molecule has 0 aromatic heterocycles. The van der Waals surface area contributed by atoms with E-state index in [0.29, 0.717) is 17.3 Å². The van der Waals surface area contributed by atoms with Gasteiger partial charge in [-0.3, -0.25) is 4.79 Å². The lowest BCUT2D eigenvalue weighted by Gasteiger charge is -2.62. The molecular weight excluding hydrogens is 286 g/mol. The van der Waals surface area contributed by atoms with E-state index in [2.05, 4.69) is 26.1 Å². The van der Waals surface area contributed by atoms with Gasteiger partial charge >= 0.3 is 0 Å². The van der Waals surface area contributed by atoms with Gasteiger partial charge in [-0.25, -0.2) is 0 Å². The maximum absolute atomic E-state index is 12.0. The van der Waals surface area contributed by atoms with E-state index < -0.39 is 0 Å². The number of aliphatic hydroxyl groups excluding tert-OH is 1. The first-order chi connectivity index (χ1) is 10.8. The molecule has 0 saturated heterocycles. The second-order valence-corrected chi connectivity index (χ2v) is 9.38. The number of amides is 1. The molecule has 23 heavy (non-hydrogen) atoms. The Kier molecular flexibility index (Phi) is 3.30. The van der Waals surface area contributed by atoms with E-state index in [1.165, 1.54) is 24.8 Å². The molecule has 0 aromatic carbocycles. The summed E-state index contributed by atoms with van der Waals surface area (Å²) in [7, 11) is 0. The van der Waals surface area contributed by atoms with Crippen LogP contribution >= 0.6 is 0 Å². The highest BCUT2D eigenvalue weighted by Gasteiger charge is 2.63. The van der Waals surface area contributed by atoms with E-state index in [1.807, 2.05) is 6.08 Å². The van der Waals surface area contributed by atoms with E-state index in [0.717, 1.165) is 32.2 Å². The summed E-state index contributed by atoms with van der Waals surface area (Å²) in [5, 5.41) is 13.6. The quantitative estimate of drug-likeness (QED) is 0.719. The van der Waals surface area contributed by atoms with Gasteiger partial charge in [-0.1, -0.05) is 26.3 Å². The van der Waals surface area contributed by atoms with Crippen molar-refractivity contribution in [3.8, 4) is 0 Å². The number of aliphatic hydroxyl groups is 1. The number of rotatable bonds is 0. The van der Waals surface area contributed by atoms with Crippen LogP contribution in [0, 0.1) is 28.1 Å². The Morgan fingerprint density at radius 1 is 1.04 bits per heavy atom. The highest BCUT2D eigenvalue weighted by Crippen LogP contribution is 2.69. The summed E-state index contributed by atoms with van der Waals surface area (Å²) in [5.74, 6) is 1.38. The molecule has 3 saturated carbocycles. The molecule has 3 heteroatoms. The molecular formula is C20H31NO2. The number of carbonyl (C=O) groups excluding carboxylic acids is 1. The summed E-state index contributed by atoms with van der Waals surface area (Å²) < 4.78 is 0. The van der Waals surface area contributed by atoms with Crippen molar-refractivity contribution in [3.63, 3.8) is 0 Å². The fourth-order valence-electron chi connectivity index (χ4n) is 7.20. The fraction of sp³-hybridized carbons (Fsp3) is 0.850. The molecule has 1 aliphatic heterocycles. The second kappa shape index (κ2) is 4.84. The van der Waals surface area contributed by atoms with Crippen LogP contribution in [0.1, 0.15) is 65.7 Å². The zero-order chi connectivity index (χ0) is 16.5. The first-order valence-corrected chi connectivity index (χ1v) is 9.48. The lowest BCUT2D eigenvalue weighted by molar-refractivity contribution is -0.126. The van der Waals surface area contributed by atoms with Gasteiger partial charge in [0, 0.05) is 12.6 Å². The number of hydrogen-bond acceptors (Lipinski definition) is 2. The lowest BCUT2D eigenvalue weighted by atomic mass is 9.42. The Labute approximate surface area is 139 Å². The van der Waals surface area contributed by atoms with Gasteiger partial charge in [-0.05, 0) is 73.0 Å². The summed E-state index contributed by atoms with van der Waals surface area (Å²) in [4.78, 5) is 12.0. The minimum Gasteiger partial charge on any atom is -0.393 e. The van der Waals surface area contributed by atoms with Crippen LogP contribution < -0.4 is 5.32 Å². The van der Waals surface area contributed by atoms with E-state index in [4.69, 9.17) is 0 Å². The number of carbonyl (C=O) groups is 1. The molecule has 4 aliphatic rings. The van der Waals surface area contributed by atoms with Crippen LogP contribution in [0.4, 0.5) is 0 Å². The zero-order valence-corrected chi connectivity index (χ0v) is 14.8. The number of nitrogens with one attached hydrogen (secondary N) is 1. The lowest BCUT2D eigenvalue weighted by Crippen LogP contribution is -2.56. The number of hydrogen-bond donors (Lipinski definition) is 2. The Morgan fingerprint density at radius 3 is 2.61 bits per heavy atom. The molecule has 1 heterocycles. The molecule has 1 amide bonds. The Morgan fingerprint density at radius 2 is 1.83 bits per heavy atom.